The molecule has 0 saturated carbocycles. The first-order valence-electron chi connectivity index (χ1n) is 5.48. The number of carboxylic acids is 1. The molecule has 0 aromatic heterocycles. The first-order valence-corrected chi connectivity index (χ1v) is 7.34. The van der Waals surface area contributed by atoms with Crippen LogP contribution in [0, 0.1) is 0 Å². The summed E-state index contributed by atoms with van der Waals surface area (Å²) in [4.78, 5) is 10.6. The maximum atomic E-state index is 12.1. The second kappa shape index (κ2) is 6.85. The Labute approximate surface area is 122 Å². The van der Waals surface area contributed by atoms with Crippen LogP contribution in [0.5, 0.6) is 0 Å². The number of benzene rings is 1. The van der Waals surface area contributed by atoms with Crippen LogP contribution in [0.2, 0.25) is 5.02 Å². The van der Waals surface area contributed by atoms with E-state index < -0.39 is 22.0 Å². The van der Waals surface area contributed by atoms with Crippen LogP contribution in [0.4, 0.5) is 0 Å². The van der Waals surface area contributed by atoms with Gasteiger partial charge in [-0.25, -0.2) is 17.9 Å². The van der Waals surface area contributed by atoms with Crippen LogP contribution in [0.15, 0.2) is 35.7 Å². The highest BCUT2D eigenvalue weighted by atomic mass is 35.5. The Morgan fingerprint density at radius 3 is 2.70 bits per heavy atom. The van der Waals surface area contributed by atoms with E-state index in [1.165, 1.54) is 19.3 Å². The Morgan fingerprint density at radius 2 is 2.25 bits per heavy atom. The molecule has 1 rings (SSSR count). The van der Waals surface area contributed by atoms with Crippen molar-refractivity contribution in [3.05, 3.63) is 41.4 Å². The molecule has 0 saturated heterocycles. The molecule has 0 radical (unpaired) electrons. The molecule has 1 unspecified atom stereocenters. The lowest BCUT2D eigenvalue weighted by molar-refractivity contribution is 0.0696. The summed E-state index contributed by atoms with van der Waals surface area (Å²) >= 11 is 5.82. The Morgan fingerprint density at radius 1 is 1.60 bits per heavy atom. The third kappa shape index (κ3) is 4.04. The van der Waals surface area contributed by atoms with E-state index in [0.717, 1.165) is 12.1 Å². The number of rotatable bonds is 7. The lowest BCUT2D eigenvalue weighted by Gasteiger charge is -2.15. The molecule has 0 spiro atoms. The zero-order valence-electron chi connectivity index (χ0n) is 10.7. The number of sulfonamides is 1. The largest absolute Gasteiger partial charge is 0.478 e. The van der Waals surface area contributed by atoms with Gasteiger partial charge in [0, 0.05) is 7.11 Å². The molecule has 110 valence electrons. The van der Waals surface area contributed by atoms with Gasteiger partial charge < -0.3 is 9.84 Å². The molecule has 0 amide bonds. The quantitative estimate of drug-likeness (QED) is 0.743. The lowest BCUT2D eigenvalue weighted by atomic mass is 10.2. The van der Waals surface area contributed by atoms with Crippen molar-refractivity contribution >= 4 is 27.6 Å². The molecule has 1 atom stereocenters. The molecule has 1 aromatic carbocycles. The third-order valence-corrected chi connectivity index (χ3v) is 4.38. The summed E-state index contributed by atoms with van der Waals surface area (Å²) in [6, 6.07) is 2.78. The van der Waals surface area contributed by atoms with Crippen molar-refractivity contribution in [2.24, 2.45) is 0 Å². The van der Waals surface area contributed by atoms with Gasteiger partial charge >= 0.3 is 5.97 Å². The number of hydrogen-bond donors (Lipinski definition) is 2. The standard InChI is InChI=1S/C12H14ClNO5S/c1-3-9(7-19-2)14-20(17,18)11-5-4-8(12(15)16)6-10(11)13/h3-6,9,14H,1,7H2,2H3,(H,15,16). The highest BCUT2D eigenvalue weighted by Crippen LogP contribution is 2.23. The Kier molecular flexibility index (Phi) is 5.70. The van der Waals surface area contributed by atoms with Crippen LogP contribution in [-0.4, -0.2) is 39.3 Å². The SMILES string of the molecule is C=CC(COC)NS(=O)(=O)c1ccc(C(=O)O)cc1Cl. The van der Waals surface area contributed by atoms with Crippen molar-refractivity contribution in [2.45, 2.75) is 10.9 Å². The third-order valence-electron chi connectivity index (χ3n) is 2.41. The maximum Gasteiger partial charge on any atom is 0.335 e. The first-order chi connectivity index (χ1) is 9.31. The number of halogens is 1. The van der Waals surface area contributed by atoms with E-state index in [-0.39, 0.29) is 22.1 Å². The van der Waals surface area contributed by atoms with Gasteiger partial charge in [-0.1, -0.05) is 17.7 Å². The van der Waals surface area contributed by atoms with Gasteiger partial charge in [0.25, 0.3) is 0 Å². The summed E-state index contributed by atoms with van der Waals surface area (Å²) in [6.45, 7) is 3.62. The highest BCUT2D eigenvalue weighted by molar-refractivity contribution is 7.89. The fourth-order valence-electron chi connectivity index (χ4n) is 1.44. The average molecular weight is 320 g/mol. The van der Waals surface area contributed by atoms with E-state index in [9.17, 15) is 13.2 Å². The number of hydrogen-bond acceptors (Lipinski definition) is 4. The molecule has 8 heteroatoms. The van der Waals surface area contributed by atoms with E-state index >= 15 is 0 Å². The van der Waals surface area contributed by atoms with Crippen molar-refractivity contribution in [1.29, 1.82) is 0 Å². The number of methoxy groups -OCH3 is 1. The van der Waals surface area contributed by atoms with Gasteiger partial charge in [0.1, 0.15) is 4.90 Å². The molecule has 0 aliphatic carbocycles. The lowest BCUT2D eigenvalue weighted by Crippen LogP contribution is -2.36. The van der Waals surface area contributed by atoms with Crippen LogP contribution in [0.3, 0.4) is 0 Å². The fraction of sp³-hybridized carbons (Fsp3) is 0.250. The molecule has 0 bridgehead atoms. The Balaban J connectivity index is 3.09. The Bertz CT molecular complexity index is 614. The van der Waals surface area contributed by atoms with Gasteiger partial charge in [-0.2, -0.15) is 0 Å². The second-order valence-electron chi connectivity index (χ2n) is 3.87. The molecule has 2 N–H and O–H groups in total. The molecule has 20 heavy (non-hydrogen) atoms. The van der Waals surface area contributed by atoms with Gasteiger partial charge in [0.15, 0.2) is 0 Å². The number of aromatic carboxylic acids is 1. The topological polar surface area (TPSA) is 92.7 Å². The summed E-state index contributed by atoms with van der Waals surface area (Å²) in [5.41, 5.74) is -0.0916. The predicted octanol–water partition coefficient (Wildman–Crippen LogP) is 1.52. The van der Waals surface area contributed by atoms with Crippen LogP contribution in [-0.2, 0) is 14.8 Å². The minimum absolute atomic E-state index is 0.0916. The predicted molar refractivity (Wildman–Crippen MR) is 74.6 cm³/mol. The van der Waals surface area contributed by atoms with Gasteiger partial charge in [-0.05, 0) is 18.2 Å². The van der Waals surface area contributed by atoms with E-state index in [4.69, 9.17) is 21.4 Å². The minimum atomic E-state index is -3.89. The van der Waals surface area contributed by atoms with Gasteiger partial charge in [-0.15, -0.1) is 6.58 Å². The average Bonchev–Trinajstić information content (AvgIpc) is 2.37. The maximum absolute atomic E-state index is 12.1. The van der Waals surface area contributed by atoms with Crippen LogP contribution >= 0.6 is 11.6 Å². The van der Waals surface area contributed by atoms with Crippen LogP contribution in [0.25, 0.3) is 0 Å². The van der Waals surface area contributed by atoms with E-state index in [1.54, 1.807) is 0 Å². The number of carbonyl (C=O) groups is 1. The zero-order chi connectivity index (χ0) is 15.3. The zero-order valence-corrected chi connectivity index (χ0v) is 12.2. The number of ether oxygens (including phenoxy) is 1. The highest BCUT2D eigenvalue weighted by Gasteiger charge is 2.22. The van der Waals surface area contributed by atoms with Gasteiger partial charge in [0.2, 0.25) is 10.0 Å². The summed E-state index contributed by atoms with van der Waals surface area (Å²) in [5.74, 6) is -1.19. The van der Waals surface area contributed by atoms with Gasteiger partial charge in [-0.3, -0.25) is 0 Å². The Hall–Kier alpha value is -1.41. The molecule has 1 aromatic rings. The molecular weight excluding hydrogens is 306 g/mol. The monoisotopic (exact) mass is 319 g/mol. The summed E-state index contributed by atoms with van der Waals surface area (Å²) in [5, 5.41) is 8.63. The van der Waals surface area contributed by atoms with E-state index in [1.807, 2.05) is 0 Å². The normalized spacial score (nSPS) is 12.9. The van der Waals surface area contributed by atoms with Crippen molar-refractivity contribution in [3.63, 3.8) is 0 Å². The van der Waals surface area contributed by atoms with Crippen molar-refractivity contribution in [2.75, 3.05) is 13.7 Å². The van der Waals surface area contributed by atoms with Crippen molar-refractivity contribution in [3.8, 4) is 0 Å². The summed E-state index contributed by atoms with van der Waals surface area (Å²) in [6.07, 6.45) is 1.39. The summed E-state index contributed by atoms with van der Waals surface area (Å²) < 4.78 is 31.5. The summed E-state index contributed by atoms with van der Waals surface area (Å²) in [7, 11) is -2.46. The molecule has 0 aliphatic rings. The van der Waals surface area contributed by atoms with E-state index in [0.29, 0.717) is 0 Å². The smallest absolute Gasteiger partial charge is 0.335 e. The van der Waals surface area contributed by atoms with Crippen molar-refractivity contribution in [1.82, 2.24) is 4.72 Å². The van der Waals surface area contributed by atoms with Crippen LogP contribution in [0.1, 0.15) is 10.4 Å². The molecule has 0 aliphatic heterocycles. The van der Waals surface area contributed by atoms with Gasteiger partial charge in [0.05, 0.1) is 23.2 Å². The number of carboxylic acid groups (broad SMARTS) is 1. The molecule has 0 fully saturated rings. The van der Waals surface area contributed by atoms with Crippen LogP contribution < -0.4 is 4.72 Å². The molecule has 6 nitrogen and oxygen atoms in total. The fourth-order valence-corrected chi connectivity index (χ4v) is 3.18. The molecular formula is C12H14ClNO5S. The van der Waals surface area contributed by atoms with Crippen molar-refractivity contribution < 1.29 is 23.1 Å². The second-order valence-corrected chi connectivity index (χ2v) is 5.96. The first kappa shape index (κ1) is 16.6. The molecule has 0 heterocycles. The van der Waals surface area contributed by atoms with E-state index in [2.05, 4.69) is 11.3 Å². The number of nitrogens with one attached hydrogen (secondary N) is 1. The minimum Gasteiger partial charge on any atom is -0.478 e.